The highest BCUT2D eigenvalue weighted by Gasteiger charge is 2.40. The van der Waals surface area contributed by atoms with Crippen molar-refractivity contribution < 1.29 is 9.47 Å². The summed E-state index contributed by atoms with van der Waals surface area (Å²) < 4.78 is 11.4. The quantitative estimate of drug-likeness (QED) is 0.622. The average Bonchev–Trinajstić information content (AvgIpc) is 2.65. The molecule has 1 aliphatic carbocycles. The van der Waals surface area contributed by atoms with E-state index in [2.05, 4.69) is 56.6 Å². The van der Waals surface area contributed by atoms with Gasteiger partial charge in [0.25, 0.3) is 0 Å². The lowest BCUT2D eigenvalue weighted by Gasteiger charge is -2.46. The first kappa shape index (κ1) is 22.3. The number of hydrogen-bond donors (Lipinski definition) is 0. The Balaban J connectivity index is 1.97. The van der Waals surface area contributed by atoms with Gasteiger partial charge in [0, 0.05) is 37.9 Å². The highest BCUT2D eigenvalue weighted by Crippen LogP contribution is 2.54. The van der Waals surface area contributed by atoms with Gasteiger partial charge in [0.1, 0.15) is 0 Å². The zero-order valence-electron chi connectivity index (χ0n) is 19.8. The number of methoxy groups -OCH3 is 2. The van der Waals surface area contributed by atoms with Crippen LogP contribution in [0.15, 0.2) is 12.1 Å². The Kier molecular flexibility index (Phi) is 6.72. The normalized spacial score (nSPS) is 22.5. The molecule has 0 N–H and O–H groups in total. The topological polar surface area (TPSA) is 24.9 Å². The molecule has 0 aromatic heterocycles. The Hall–Kier alpha value is -1.42. The number of nitrogens with zero attached hydrogens (tertiary/aromatic N) is 2. The van der Waals surface area contributed by atoms with E-state index in [0.717, 1.165) is 37.7 Å². The molecule has 0 bridgehead atoms. The van der Waals surface area contributed by atoms with Crippen LogP contribution >= 0.6 is 0 Å². The van der Waals surface area contributed by atoms with Gasteiger partial charge in [-0.2, -0.15) is 0 Å². The Bertz CT molecular complexity index is 674. The van der Waals surface area contributed by atoms with Crippen molar-refractivity contribution in [3.8, 4) is 11.5 Å². The summed E-state index contributed by atoms with van der Waals surface area (Å²) >= 11 is 0. The third-order valence-corrected chi connectivity index (χ3v) is 6.78. The van der Waals surface area contributed by atoms with Gasteiger partial charge in [0.15, 0.2) is 11.5 Å². The summed E-state index contributed by atoms with van der Waals surface area (Å²) in [6.45, 7) is 17.7. The van der Waals surface area contributed by atoms with Crippen LogP contribution < -0.4 is 14.4 Å². The van der Waals surface area contributed by atoms with E-state index in [0.29, 0.717) is 16.7 Å². The van der Waals surface area contributed by atoms with Crippen molar-refractivity contribution in [2.45, 2.75) is 66.2 Å². The predicted molar refractivity (Wildman–Crippen MR) is 123 cm³/mol. The standard InChI is InChI=1S/C25H42N2O2/c1-8-9-26-10-12-27(13-11-26)21-15-23(29-7)22(28-6)14-20(21)19-16-24(2,3)18-25(4,5)17-19/h14-15,19H,8-13,16-18H2,1-7H3. The molecule has 164 valence electrons. The van der Waals surface area contributed by atoms with E-state index in [9.17, 15) is 0 Å². The van der Waals surface area contributed by atoms with Crippen LogP contribution in [0.4, 0.5) is 5.69 Å². The SMILES string of the molecule is CCCN1CCN(c2cc(OC)c(OC)cc2C2CC(C)(C)CC(C)(C)C2)CC1. The maximum Gasteiger partial charge on any atom is 0.162 e. The largest absolute Gasteiger partial charge is 0.493 e. The van der Waals surface area contributed by atoms with Crippen molar-refractivity contribution in [3.63, 3.8) is 0 Å². The number of anilines is 1. The first-order valence-electron chi connectivity index (χ1n) is 11.4. The molecule has 2 aliphatic rings. The van der Waals surface area contributed by atoms with Gasteiger partial charge < -0.3 is 14.4 Å². The summed E-state index contributed by atoms with van der Waals surface area (Å²) in [7, 11) is 3.49. The third kappa shape index (κ3) is 5.20. The lowest BCUT2D eigenvalue weighted by Crippen LogP contribution is -2.47. The molecule has 0 unspecified atom stereocenters. The molecular formula is C25H42N2O2. The van der Waals surface area contributed by atoms with Crippen molar-refractivity contribution in [1.29, 1.82) is 0 Å². The summed E-state index contributed by atoms with van der Waals surface area (Å²) in [5.41, 5.74) is 3.53. The minimum Gasteiger partial charge on any atom is -0.493 e. The fourth-order valence-electron chi connectivity index (χ4n) is 6.08. The lowest BCUT2D eigenvalue weighted by atomic mass is 9.60. The first-order valence-corrected chi connectivity index (χ1v) is 11.4. The first-order chi connectivity index (χ1) is 13.7. The van der Waals surface area contributed by atoms with Crippen LogP contribution in [0, 0.1) is 10.8 Å². The average molecular weight is 403 g/mol. The minimum atomic E-state index is 0.358. The minimum absolute atomic E-state index is 0.358. The fourth-order valence-corrected chi connectivity index (χ4v) is 6.08. The molecule has 4 heteroatoms. The highest BCUT2D eigenvalue weighted by molar-refractivity contribution is 5.63. The Morgan fingerprint density at radius 1 is 0.897 bits per heavy atom. The Morgan fingerprint density at radius 3 is 1.97 bits per heavy atom. The molecule has 3 rings (SSSR count). The van der Waals surface area contributed by atoms with Gasteiger partial charge in [0.05, 0.1) is 14.2 Å². The van der Waals surface area contributed by atoms with Crippen molar-refractivity contribution in [2.24, 2.45) is 10.8 Å². The van der Waals surface area contributed by atoms with E-state index < -0.39 is 0 Å². The van der Waals surface area contributed by atoms with E-state index in [-0.39, 0.29) is 0 Å². The third-order valence-electron chi connectivity index (χ3n) is 6.78. The Morgan fingerprint density at radius 2 is 1.45 bits per heavy atom. The maximum atomic E-state index is 5.71. The summed E-state index contributed by atoms with van der Waals surface area (Å²) in [5, 5.41) is 0. The zero-order valence-corrected chi connectivity index (χ0v) is 19.8. The van der Waals surface area contributed by atoms with Gasteiger partial charge in [-0.25, -0.2) is 0 Å². The van der Waals surface area contributed by atoms with Crippen molar-refractivity contribution in [3.05, 3.63) is 17.7 Å². The predicted octanol–water partition coefficient (Wildman–Crippen LogP) is 5.56. The molecular weight excluding hydrogens is 360 g/mol. The van der Waals surface area contributed by atoms with Crippen LogP contribution in [0.2, 0.25) is 0 Å². The summed E-state index contributed by atoms with van der Waals surface area (Å²) in [6.07, 6.45) is 4.98. The number of hydrogen-bond acceptors (Lipinski definition) is 4. The van der Waals surface area contributed by atoms with E-state index in [1.165, 1.54) is 43.5 Å². The molecule has 1 heterocycles. The van der Waals surface area contributed by atoms with Crippen LogP contribution in [0.5, 0.6) is 11.5 Å². The molecule has 1 saturated heterocycles. The van der Waals surface area contributed by atoms with E-state index in [4.69, 9.17) is 9.47 Å². The molecule has 0 spiro atoms. The van der Waals surface area contributed by atoms with E-state index in [1.807, 2.05) is 0 Å². The fraction of sp³-hybridized carbons (Fsp3) is 0.760. The van der Waals surface area contributed by atoms with Gasteiger partial charge in [-0.3, -0.25) is 4.90 Å². The summed E-state index contributed by atoms with van der Waals surface area (Å²) in [5.74, 6) is 2.26. The van der Waals surface area contributed by atoms with Crippen molar-refractivity contribution in [1.82, 2.24) is 4.90 Å². The molecule has 0 radical (unpaired) electrons. The second-order valence-corrected chi connectivity index (χ2v) is 10.7. The summed E-state index contributed by atoms with van der Waals surface area (Å²) in [4.78, 5) is 5.17. The second-order valence-electron chi connectivity index (χ2n) is 10.7. The number of benzene rings is 1. The molecule has 2 fully saturated rings. The van der Waals surface area contributed by atoms with Crippen LogP contribution in [-0.2, 0) is 0 Å². The van der Waals surface area contributed by atoms with Crippen LogP contribution in [0.25, 0.3) is 0 Å². The Labute approximate surface area is 178 Å². The van der Waals surface area contributed by atoms with Crippen molar-refractivity contribution >= 4 is 5.69 Å². The van der Waals surface area contributed by atoms with Gasteiger partial charge in [-0.15, -0.1) is 0 Å². The highest BCUT2D eigenvalue weighted by atomic mass is 16.5. The van der Waals surface area contributed by atoms with Gasteiger partial charge in [0.2, 0.25) is 0 Å². The number of ether oxygens (including phenoxy) is 2. The van der Waals surface area contributed by atoms with Crippen LogP contribution in [-0.4, -0.2) is 51.8 Å². The van der Waals surface area contributed by atoms with Gasteiger partial charge in [-0.05, 0) is 60.6 Å². The molecule has 1 aromatic carbocycles. The molecule has 1 aliphatic heterocycles. The molecule has 1 saturated carbocycles. The smallest absolute Gasteiger partial charge is 0.162 e. The summed E-state index contributed by atoms with van der Waals surface area (Å²) in [6, 6.07) is 4.51. The zero-order chi connectivity index (χ0) is 21.2. The lowest BCUT2D eigenvalue weighted by molar-refractivity contribution is 0.0968. The van der Waals surface area contributed by atoms with E-state index >= 15 is 0 Å². The molecule has 29 heavy (non-hydrogen) atoms. The maximum absolute atomic E-state index is 5.71. The molecule has 0 atom stereocenters. The van der Waals surface area contributed by atoms with Crippen LogP contribution in [0.3, 0.4) is 0 Å². The monoisotopic (exact) mass is 402 g/mol. The number of piperazine rings is 1. The molecule has 4 nitrogen and oxygen atoms in total. The van der Waals surface area contributed by atoms with E-state index in [1.54, 1.807) is 14.2 Å². The van der Waals surface area contributed by atoms with Gasteiger partial charge in [-0.1, -0.05) is 34.6 Å². The molecule has 1 aromatic rings. The van der Waals surface area contributed by atoms with Crippen LogP contribution in [0.1, 0.15) is 71.8 Å². The second kappa shape index (κ2) is 8.75. The van der Waals surface area contributed by atoms with Crippen molar-refractivity contribution in [2.75, 3.05) is 51.8 Å². The van der Waals surface area contributed by atoms with Gasteiger partial charge >= 0.3 is 0 Å². The molecule has 0 amide bonds. The number of rotatable bonds is 6.